The number of hydrazine groups is 1. The predicted octanol–water partition coefficient (Wildman–Crippen LogP) is 4.38. The number of nitrogens with two attached hydrogens (primary N) is 2. The van der Waals surface area contributed by atoms with Crippen molar-refractivity contribution in [2.75, 3.05) is 20.3 Å². The number of ether oxygens (including phenoxy) is 1. The summed E-state index contributed by atoms with van der Waals surface area (Å²) in [6, 6.07) is 16.1. The third-order valence-electron chi connectivity index (χ3n) is 6.69. The normalized spacial score (nSPS) is 15.3. The summed E-state index contributed by atoms with van der Waals surface area (Å²) in [5, 5.41) is 13.0. The highest BCUT2D eigenvalue weighted by molar-refractivity contribution is 6.05. The first-order chi connectivity index (χ1) is 17.7. The van der Waals surface area contributed by atoms with Gasteiger partial charge in [-0.2, -0.15) is 0 Å². The van der Waals surface area contributed by atoms with Crippen LogP contribution in [0.2, 0.25) is 0 Å². The number of pyridine rings is 2. The Morgan fingerprint density at radius 2 is 1.70 bits per heavy atom. The lowest BCUT2D eigenvalue weighted by atomic mass is 9.99. The molecule has 1 aliphatic rings. The van der Waals surface area contributed by atoms with Gasteiger partial charge in [-0.15, -0.1) is 0 Å². The molecule has 0 saturated carbocycles. The van der Waals surface area contributed by atoms with Gasteiger partial charge in [0.05, 0.1) is 22.3 Å². The molecular formula is C29H38N6O2. The van der Waals surface area contributed by atoms with Crippen molar-refractivity contribution in [2.24, 2.45) is 17.5 Å². The van der Waals surface area contributed by atoms with E-state index in [0.29, 0.717) is 11.6 Å². The second kappa shape index (κ2) is 11.3. The zero-order chi connectivity index (χ0) is 26.6. The Balaban J connectivity index is 0.000000469. The van der Waals surface area contributed by atoms with Gasteiger partial charge in [0, 0.05) is 61.4 Å². The van der Waals surface area contributed by atoms with E-state index in [1.165, 1.54) is 5.01 Å². The molecule has 1 aliphatic heterocycles. The van der Waals surface area contributed by atoms with Gasteiger partial charge in [-0.3, -0.25) is 4.98 Å². The van der Waals surface area contributed by atoms with Crippen LogP contribution in [0, 0.1) is 5.92 Å². The van der Waals surface area contributed by atoms with E-state index in [1.807, 2.05) is 49.4 Å². The molecule has 3 aromatic heterocycles. The Kier molecular flexibility index (Phi) is 8.12. The first-order valence-corrected chi connectivity index (χ1v) is 12.7. The zero-order valence-electron chi connectivity index (χ0n) is 22.2. The minimum Gasteiger partial charge on any atom is -0.401 e. The highest BCUT2D eigenvalue weighted by Gasteiger charge is 2.23. The molecule has 196 valence electrons. The second-order valence-corrected chi connectivity index (χ2v) is 10.2. The molecule has 1 fully saturated rings. The molecule has 1 saturated heterocycles. The summed E-state index contributed by atoms with van der Waals surface area (Å²) < 4.78 is 7.79. The second-order valence-electron chi connectivity index (χ2n) is 10.2. The molecule has 0 spiro atoms. The van der Waals surface area contributed by atoms with E-state index in [4.69, 9.17) is 26.3 Å². The van der Waals surface area contributed by atoms with E-state index in [-0.39, 0.29) is 0 Å². The third-order valence-corrected chi connectivity index (χ3v) is 6.69. The van der Waals surface area contributed by atoms with Gasteiger partial charge in [-0.1, -0.05) is 36.4 Å². The van der Waals surface area contributed by atoms with Crippen molar-refractivity contribution >= 4 is 27.8 Å². The Morgan fingerprint density at radius 3 is 2.24 bits per heavy atom. The molecule has 5 rings (SSSR count). The lowest BCUT2D eigenvalue weighted by molar-refractivity contribution is 0.0619. The Hall–Kier alpha value is -3.46. The van der Waals surface area contributed by atoms with Crippen LogP contribution in [0.3, 0.4) is 0 Å². The summed E-state index contributed by atoms with van der Waals surface area (Å²) >= 11 is 0. The lowest BCUT2D eigenvalue weighted by Gasteiger charge is -2.23. The topological polar surface area (TPSA) is 115 Å². The fourth-order valence-corrected chi connectivity index (χ4v) is 4.76. The van der Waals surface area contributed by atoms with Gasteiger partial charge in [0.25, 0.3) is 0 Å². The number of benzene rings is 1. The van der Waals surface area contributed by atoms with E-state index in [0.717, 1.165) is 71.5 Å². The molecule has 0 bridgehead atoms. The van der Waals surface area contributed by atoms with Crippen molar-refractivity contribution in [3.05, 3.63) is 77.7 Å². The average Bonchev–Trinajstić information content (AvgIpc) is 3.17. The largest absolute Gasteiger partial charge is 0.401 e. The number of hydrogen-bond donors (Lipinski definition) is 3. The van der Waals surface area contributed by atoms with E-state index in [1.54, 1.807) is 33.3 Å². The van der Waals surface area contributed by atoms with Crippen LogP contribution in [0.25, 0.3) is 27.8 Å². The smallest absolute Gasteiger partial charge is 0.142 e. The molecule has 4 heterocycles. The van der Waals surface area contributed by atoms with Crippen molar-refractivity contribution in [1.29, 1.82) is 0 Å². The minimum absolute atomic E-state index is 0.510. The van der Waals surface area contributed by atoms with Crippen LogP contribution in [-0.4, -0.2) is 44.9 Å². The summed E-state index contributed by atoms with van der Waals surface area (Å²) in [5.41, 5.74) is 10.8. The summed E-state index contributed by atoms with van der Waals surface area (Å²) in [7, 11) is 1.77. The summed E-state index contributed by atoms with van der Waals surface area (Å²) in [4.78, 5) is 9.55. The van der Waals surface area contributed by atoms with Crippen molar-refractivity contribution < 1.29 is 9.84 Å². The first-order valence-electron chi connectivity index (χ1n) is 12.7. The molecule has 1 aromatic carbocycles. The highest BCUT2D eigenvalue weighted by atomic mass is 16.5. The van der Waals surface area contributed by atoms with E-state index in [2.05, 4.69) is 10.6 Å². The van der Waals surface area contributed by atoms with Crippen LogP contribution in [0.4, 0.5) is 0 Å². The molecule has 0 atom stereocenters. The monoisotopic (exact) mass is 502 g/mol. The Morgan fingerprint density at radius 1 is 1.08 bits per heavy atom. The van der Waals surface area contributed by atoms with Crippen molar-refractivity contribution in [1.82, 2.24) is 19.5 Å². The van der Waals surface area contributed by atoms with Gasteiger partial charge in [0.2, 0.25) is 0 Å². The molecule has 0 unspecified atom stereocenters. The van der Waals surface area contributed by atoms with Crippen LogP contribution in [0.5, 0.6) is 0 Å². The number of nitrogens with zero attached hydrogens (tertiary/aromatic N) is 4. The summed E-state index contributed by atoms with van der Waals surface area (Å²) in [6.07, 6.45) is 5.60. The Bertz CT molecular complexity index is 1340. The molecule has 5 N–H and O–H groups in total. The first kappa shape index (κ1) is 26.6. The Labute approximate surface area is 218 Å². The van der Waals surface area contributed by atoms with E-state index >= 15 is 0 Å². The van der Waals surface area contributed by atoms with Gasteiger partial charge in [-0.05, 0) is 51.7 Å². The third kappa shape index (κ3) is 6.10. The molecule has 8 nitrogen and oxygen atoms in total. The molecule has 8 heteroatoms. The maximum Gasteiger partial charge on any atom is 0.142 e. The predicted molar refractivity (Wildman–Crippen MR) is 149 cm³/mol. The minimum atomic E-state index is -0.981. The summed E-state index contributed by atoms with van der Waals surface area (Å²) in [6.45, 7) is 7.78. The zero-order valence-corrected chi connectivity index (χ0v) is 22.2. The molecular weight excluding hydrogens is 464 g/mol. The number of aliphatic hydroxyl groups is 1. The SMILES string of the molecule is C/C(N)=C(\c1cnc2c3cc(C(C)(C)O)cnc3n(CC3CCOCC3)c2c1)N(C)N.c1ccccc1. The fourth-order valence-electron chi connectivity index (χ4n) is 4.76. The lowest BCUT2D eigenvalue weighted by Crippen LogP contribution is -2.26. The molecule has 4 aromatic rings. The summed E-state index contributed by atoms with van der Waals surface area (Å²) in [5.74, 6) is 6.56. The van der Waals surface area contributed by atoms with Gasteiger partial charge in [0.15, 0.2) is 0 Å². The number of aromatic nitrogens is 3. The number of allylic oxidation sites excluding steroid dienone is 1. The molecule has 0 amide bonds. The highest BCUT2D eigenvalue weighted by Crippen LogP contribution is 2.33. The number of fused-ring (bicyclic) bond motifs is 3. The van der Waals surface area contributed by atoms with E-state index in [9.17, 15) is 5.11 Å². The van der Waals surface area contributed by atoms with Gasteiger partial charge in [-0.25, -0.2) is 10.8 Å². The maximum atomic E-state index is 10.5. The van der Waals surface area contributed by atoms with Gasteiger partial charge >= 0.3 is 0 Å². The number of hydrogen-bond acceptors (Lipinski definition) is 7. The average molecular weight is 503 g/mol. The molecule has 0 aliphatic carbocycles. The van der Waals surface area contributed by atoms with Crippen LogP contribution in [0.15, 0.2) is 66.6 Å². The van der Waals surface area contributed by atoms with Crippen LogP contribution >= 0.6 is 0 Å². The molecule has 37 heavy (non-hydrogen) atoms. The van der Waals surface area contributed by atoms with Crippen molar-refractivity contribution in [3.63, 3.8) is 0 Å². The van der Waals surface area contributed by atoms with Crippen molar-refractivity contribution in [2.45, 2.75) is 45.8 Å². The number of rotatable bonds is 5. The maximum absolute atomic E-state index is 10.5. The van der Waals surface area contributed by atoms with Crippen LogP contribution in [-0.2, 0) is 16.9 Å². The standard InChI is InChI=1S/C23H32N6O2.C6H6/c1-14(24)21(28(4)25)16-9-19-20(26-11-16)18-10-17(23(2,3)30)12-27-22(18)29(19)13-15-5-7-31-8-6-15;1-2-4-6-5-3-1/h9-12,15,30H,5-8,13,24-25H2,1-4H3;1-6H/b21-14-;. The van der Waals surface area contributed by atoms with Gasteiger partial charge < -0.3 is 25.2 Å². The van der Waals surface area contributed by atoms with Crippen LogP contribution in [0.1, 0.15) is 44.7 Å². The quantitative estimate of drug-likeness (QED) is 0.274. The molecule has 0 radical (unpaired) electrons. The van der Waals surface area contributed by atoms with Gasteiger partial charge in [0.1, 0.15) is 5.65 Å². The van der Waals surface area contributed by atoms with E-state index < -0.39 is 5.60 Å². The fraction of sp³-hybridized carbons (Fsp3) is 0.379. The van der Waals surface area contributed by atoms with Crippen molar-refractivity contribution in [3.8, 4) is 0 Å². The van der Waals surface area contributed by atoms with Crippen LogP contribution < -0.4 is 11.6 Å².